The van der Waals surface area contributed by atoms with Crippen molar-refractivity contribution in [3.63, 3.8) is 0 Å². The van der Waals surface area contributed by atoms with Crippen molar-refractivity contribution >= 4 is 21.6 Å². The van der Waals surface area contributed by atoms with Crippen molar-refractivity contribution in [1.29, 1.82) is 0 Å². The third kappa shape index (κ3) is 5.78. The van der Waals surface area contributed by atoms with Gasteiger partial charge in [-0.2, -0.15) is 13.1 Å². The summed E-state index contributed by atoms with van der Waals surface area (Å²) >= 11 is 0. The van der Waals surface area contributed by atoms with E-state index in [0.29, 0.717) is 13.1 Å². The standard InChI is InChI=1S/C21H25F2N3O4S/c1-15-7-8-17(13-16(15)2)31(28,29)26-11-9-25(10-12-26)14-20(27)24-18-5-3-4-6-19(18)30-21(22)23/h3-8,13,21H,9-12,14H2,1-2H3,(H,24,27). The van der Waals surface area contributed by atoms with Gasteiger partial charge in [-0.05, 0) is 49.2 Å². The fraction of sp³-hybridized carbons (Fsp3) is 0.381. The van der Waals surface area contributed by atoms with Gasteiger partial charge in [-0.1, -0.05) is 18.2 Å². The Balaban J connectivity index is 1.57. The monoisotopic (exact) mass is 453 g/mol. The molecule has 2 aromatic carbocycles. The lowest BCUT2D eigenvalue weighted by molar-refractivity contribution is -0.117. The van der Waals surface area contributed by atoms with Crippen LogP contribution in [0.5, 0.6) is 5.75 Å². The molecule has 31 heavy (non-hydrogen) atoms. The summed E-state index contributed by atoms with van der Waals surface area (Å²) in [5.41, 5.74) is 2.09. The Hall–Kier alpha value is -2.56. The fourth-order valence-electron chi connectivity index (χ4n) is 3.31. The number of rotatable bonds is 7. The molecule has 0 bridgehead atoms. The van der Waals surface area contributed by atoms with Crippen LogP contribution in [0.3, 0.4) is 0 Å². The van der Waals surface area contributed by atoms with E-state index in [0.717, 1.165) is 11.1 Å². The van der Waals surface area contributed by atoms with Gasteiger partial charge in [0.25, 0.3) is 0 Å². The number of hydrogen-bond donors (Lipinski definition) is 1. The van der Waals surface area contributed by atoms with Gasteiger partial charge in [0.2, 0.25) is 15.9 Å². The van der Waals surface area contributed by atoms with E-state index in [4.69, 9.17) is 0 Å². The van der Waals surface area contributed by atoms with Crippen LogP contribution in [-0.4, -0.2) is 62.9 Å². The fourth-order valence-corrected chi connectivity index (χ4v) is 4.82. The summed E-state index contributed by atoms with van der Waals surface area (Å²) in [6, 6.07) is 11.0. The van der Waals surface area contributed by atoms with Crippen LogP contribution < -0.4 is 10.1 Å². The van der Waals surface area contributed by atoms with Crippen molar-refractivity contribution in [1.82, 2.24) is 9.21 Å². The van der Waals surface area contributed by atoms with Crippen LogP contribution in [0.2, 0.25) is 0 Å². The number of benzene rings is 2. The summed E-state index contributed by atoms with van der Waals surface area (Å²) in [5.74, 6) is -0.508. The summed E-state index contributed by atoms with van der Waals surface area (Å²) in [6.45, 7) is 2.09. The van der Waals surface area contributed by atoms with Crippen LogP contribution in [0.15, 0.2) is 47.4 Å². The molecule has 1 aliphatic heterocycles. The van der Waals surface area contributed by atoms with E-state index >= 15 is 0 Å². The van der Waals surface area contributed by atoms with Gasteiger partial charge in [0.15, 0.2) is 0 Å². The second-order valence-corrected chi connectivity index (χ2v) is 9.29. The number of aryl methyl sites for hydroxylation is 2. The second kappa shape index (κ2) is 9.71. The first-order chi connectivity index (χ1) is 14.7. The number of para-hydroxylation sites is 2. The Morgan fingerprint density at radius 1 is 1.06 bits per heavy atom. The molecule has 1 N–H and O–H groups in total. The van der Waals surface area contributed by atoms with E-state index < -0.39 is 22.5 Å². The highest BCUT2D eigenvalue weighted by molar-refractivity contribution is 7.89. The predicted octanol–water partition coefficient (Wildman–Crippen LogP) is 2.85. The molecule has 1 heterocycles. The largest absolute Gasteiger partial charge is 0.433 e. The van der Waals surface area contributed by atoms with Gasteiger partial charge in [0.05, 0.1) is 17.1 Å². The zero-order valence-corrected chi connectivity index (χ0v) is 18.2. The number of ether oxygens (including phenoxy) is 1. The summed E-state index contributed by atoms with van der Waals surface area (Å²) in [4.78, 5) is 14.4. The number of halogens is 2. The number of carbonyl (C=O) groups is 1. The van der Waals surface area contributed by atoms with Crippen molar-refractivity contribution < 1.29 is 26.7 Å². The SMILES string of the molecule is Cc1ccc(S(=O)(=O)N2CCN(CC(=O)Nc3ccccc3OC(F)F)CC2)cc1C. The zero-order chi connectivity index (χ0) is 22.6. The zero-order valence-electron chi connectivity index (χ0n) is 17.3. The molecule has 3 rings (SSSR count). The number of sulfonamides is 1. The smallest absolute Gasteiger partial charge is 0.387 e. The number of anilines is 1. The van der Waals surface area contributed by atoms with Crippen LogP contribution in [0.1, 0.15) is 11.1 Å². The minimum Gasteiger partial charge on any atom is -0.433 e. The first-order valence-corrected chi connectivity index (χ1v) is 11.2. The van der Waals surface area contributed by atoms with Crippen LogP contribution in [0.4, 0.5) is 14.5 Å². The Labute approximate surface area is 180 Å². The molecule has 0 aliphatic carbocycles. The molecular weight excluding hydrogens is 428 g/mol. The second-order valence-electron chi connectivity index (χ2n) is 7.35. The number of amides is 1. The first-order valence-electron chi connectivity index (χ1n) is 9.80. The predicted molar refractivity (Wildman–Crippen MR) is 113 cm³/mol. The lowest BCUT2D eigenvalue weighted by Crippen LogP contribution is -2.50. The molecule has 0 unspecified atom stereocenters. The minimum absolute atomic E-state index is 0.0144. The molecule has 2 aromatic rings. The number of nitrogens with one attached hydrogen (secondary N) is 1. The third-order valence-electron chi connectivity index (χ3n) is 5.19. The highest BCUT2D eigenvalue weighted by Gasteiger charge is 2.29. The van der Waals surface area contributed by atoms with Crippen molar-refractivity contribution in [2.45, 2.75) is 25.4 Å². The minimum atomic E-state index is -3.60. The maximum Gasteiger partial charge on any atom is 0.387 e. The van der Waals surface area contributed by atoms with Gasteiger partial charge in [0.1, 0.15) is 5.75 Å². The van der Waals surface area contributed by atoms with Gasteiger partial charge < -0.3 is 10.1 Å². The first kappa shape index (κ1) is 23.1. The van der Waals surface area contributed by atoms with E-state index in [1.165, 1.54) is 22.5 Å². The van der Waals surface area contributed by atoms with E-state index in [9.17, 15) is 22.0 Å². The molecule has 10 heteroatoms. The topological polar surface area (TPSA) is 79.0 Å². The van der Waals surface area contributed by atoms with Gasteiger partial charge in [-0.25, -0.2) is 8.42 Å². The number of nitrogens with zero attached hydrogens (tertiary/aromatic N) is 2. The number of carbonyl (C=O) groups excluding carboxylic acids is 1. The molecule has 1 amide bonds. The van der Waals surface area contributed by atoms with Crippen molar-refractivity contribution in [2.24, 2.45) is 0 Å². The lowest BCUT2D eigenvalue weighted by atomic mass is 10.1. The highest BCUT2D eigenvalue weighted by atomic mass is 32.2. The summed E-state index contributed by atoms with van der Waals surface area (Å²) in [6.07, 6.45) is 0. The Bertz CT molecular complexity index is 1040. The number of hydrogen-bond acceptors (Lipinski definition) is 5. The van der Waals surface area contributed by atoms with E-state index in [1.807, 2.05) is 18.7 Å². The van der Waals surface area contributed by atoms with Crippen molar-refractivity contribution in [3.05, 3.63) is 53.6 Å². The molecule has 168 valence electrons. The van der Waals surface area contributed by atoms with Crippen LogP contribution >= 0.6 is 0 Å². The van der Waals surface area contributed by atoms with E-state index in [-0.39, 0.29) is 36.0 Å². The number of alkyl halides is 2. The molecule has 0 aromatic heterocycles. The van der Waals surface area contributed by atoms with Gasteiger partial charge in [0, 0.05) is 26.2 Å². The lowest BCUT2D eigenvalue weighted by Gasteiger charge is -2.33. The Morgan fingerprint density at radius 2 is 1.74 bits per heavy atom. The van der Waals surface area contributed by atoms with Gasteiger partial charge >= 0.3 is 6.61 Å². The molecule has 7 nitrogen and oxygen atoms in total. The van der Waals surface area contributed by atoms with E-state index in [1.54, 1.807) is 24.3 Å². The van der Waals surface area contributed by atoms with Crippen molar-refractivity contribution in [3.8, 4) is 5.75 Å². The summed E-state index contributed by atoms with van der Waals surface area (Å²) < 4.78 is 56.6. The van der Waals surface area contributed by atoms with E-state index in [2.05, 4.69) is 10.1 Å². The molecule has 0 radical (unpaired) electrons. The van der Waals surface area contributed by atoms with Gasteiger partial charge in [-0.15, -0.1) is 0 Å². The number of piperazine rings is 1. The molecule has 1 saturated heterocycles. The quantitative estimate of drug-likeness (QED) is 0.698. The van der Waals surface area contributed by atoms with Gasteiger partial charge in [-0.3, -0.25) is 9.69 Å². The Kier molecular flexibility index (Phi) is 7.24. The molecule has 1 fully saturated rings. The van der Waals surface area contributed by atoms with Crippen molar-refractivity contribution in [2.75, 3.05) is 38.0 Å². The average molecular weight is 454 g/mol. The average Bonchev–Trinajstić information content (AvgIpc) is 2.71. The molecule has 0 atom stereocenters. The van der Waals surface area contributed by atoms with Crippen LogP contribution in [-0.2, 0) is 14.8 Å². The molecule has 0 saturated carbocycles. The normalized spacial score (nSPS) is 15.8. The third-order valence-corrected chi connectivity index (χ3v) is 7.09. The van der Waals surface area contributed by atoms with Crippen LogP contribution in [0, 0.1) is 13.8 Å². The highest BCUT2D eigenvalue weighted by Crippen LogP contribution is 2.25. The summed E-state index contributed by atoms with van der Waals surface area (Å²) in [7, 11) is -3.60. The molecule has 0 spiro atoms. The maximum absolute atomic E-state index is 12.9. The maximum atomic E-state index is 12.9. The molecule has 1 aliphatic rings. The van der Waals surface area contributed by atoms with Crippen LogP contribution in [0.25, 0.3) is 0 Å². The Morgan fingerprint density at radius 3 is 2.39 bits per heavy atom. The summed E-state index contributed by atoms with van der Waals surface area (Å²) in [5, 5.41) is 2.57. The molecular formula is C21H25F2N3O4S.